The Morgan fingerprint density at radius 3 is 2.47 bits per heavy atom. The number of rotatable bonds is 7. The maximum absolute atomic E-state index is 6.30. The average Bonchev–Trinajstić information content (AvgIpc) is 2.32. The number of halogens is 1. The lowest BCUT2D eigenvalue weighted by Gasteiger charge is -2.26. The molecule has 1 aromatic rings. The largest absolute Gasteiger partial charge is 0.310 e. The number of nitrogens with one attached hydrogen (secondary N) is 1. The zero-order valence-electron chi connectivity index (χ0n) is 11.2. The summed E-state index contributed by atoms with van der Waals surface area (Å²) in [5.74, 6) is 0.617. The first-order valence-corrected chi connectivity index (χ1v) is 7.06. The quantitative estimate of drug-likeness (QED) is 0.735. The van der Waals surface area contributed by atoms with Gasteiger partial charge in [-0.2, -0.15) is 0 Å². The van der Waals surface area contributed by atoms with Gasteiger partial charge in [0, 0.05) is 11.1 Å². The van der Waals surface area contributed by atoms with Crippen molar-refractivity contribution in [1.29, 1.82) is 0 Å². The van der Waals surface area contributed by atoms with E-state index in [4.69, 9.17) is 11.6 Å². The number of benzene rings is 1. The highest BCUT2D eigenvalue weighted by atomic mass is 35.5. The van der Waals surface area contributed by atoms with Crippen LogP contribution in [0.3, 0.4) is 0 Å². The first-order chi connectivity index (χ1) is 8.20. The van der Waals surface area contributed by atoms with Crippen molar-refractivity contribution in [3.8, 4) is 0 Å². The Labute approximate surface area is 111 Å². The first kappa shape index (κ1) is 14.5. The molecule has 17 heavy (non-hydrogen) atoms. The van der Waals surface area contributed by atoms with Crippen LogP contribution in [-0.2, 0) is 0 Å². The number of hydrogen-bond donors (Lipinski definition) is 1. The molecule has 1 N–H and O–H groups in total. The lowest BCUT2D eigenvalue weighted by molar-refractivity contribution is 0.363. The third-order valence-corrected chi connectivity index (χ3v) is 3.51. The Bertz CT molecular complexity index is 324. The van der Waals surface area contributed by atoms with Gasteiger partial charge in [-0.15, -0.1) is 0 Å². The molecule has 2 heteroatoms. The van der Waals surface area contributed by atoms with Gasteiger partial charge in [0.15, 0.2) is 0 Å². The Balaban J connectivity index is 2.85. The molecule has 0 aliphatic carbocycles. The predicted octanol–water partition coefficient (Wildman–Crippen LogP) is 4.82. The van der Waals surface area contributed by atoms with Crippen LogP contribution in [0.15, 0.2) is 24.3 Å². The maximum Gasteiger partial charge on any atom is 0.0453 e. The van der Waals surface area contributed by atoms with Gasteiger partial charge in [-0.25, -0.2) is 0 Å². The second-order valence-corrected chi connectivity index (χ2v) is 5.13. The van der Waals surface area contributed by atoms with Gasteiger partial charge in [-0.3, -0.25) is 0 Å². The van der Waals surface area contributed by atoms with Crippen LogP contribution in [0.25, 0.3) is 0 Å². The monoisotopic (exact) mass is 253 g/mol. The summed E-state index contributed by atoms with van der Waals surface area (Å²) in [6, 6.07) is 8.56. The third kappa shape index (κ3) is 4.33. The van der Waals surface area contributed by atoms with Gasteiger partial charge < -0.3 is 5.32 Å². The molecule has 0 saturated heterocycles. The van der Waals surface area contributed by atoms with Crippen molar-refractivity contribution in [2.75, 3.05) is 6.54 Å². The van der Waals surface area contributed by atoms with Crippen molar-refractivity contribution < 1.29 is 0 Å². The fourth-order valence-corrected chi connectivity index (χ4v) is 2.52. The minimum atomic E-state index is 0.378. The summed E-state index contributed by atoms with van der Waals surface area (Å²) >= 11 is 6.30. The average molecular weight is 254 g/mol. The molecule has 0 heterocycles. The third-order valence-electron chi connectivity index (χ3n) is 3.17. The Morgan fingerprint density at radius 2 is 1.88 bits per heavy atom. The summed E-state index contributed by atoms with van der Waals surface area (Å²) in [4.78, 5) is 0. The van der Waals surface area contributed by atoms with E-state index in [1.165, 1.54) is 18.4 Å². The van der Waals surface area contributed by atoms with Gasteiger partial charge in [-0.1, -0.05) is 57.0 Å². The van der Waals surface area contributed by atoms with Gasteiger partial charge in [0.05, 0.1) is 0 Å². The smallest absolute Gasteiger partial charge is 0.0453 e. The molecule has 0 aliphatic rings. The maximum atomic E-state index is 6.30. The van der Waals surface area contributed by atoms with E-state index in [-0.39, 0.29) is 0 Å². The van der Waals surface area contributed by atoms with Gasteiger partial charge in [0.2, 0.25) is 0 Å². The van der Waals surface area contributed by atoms with Crippen molar-refractivity contribution in [1.82, 2.24) is 5.32 Å². The predicted molar refractivity (Wildman–Crippen MR) is 76.6 cm³/mol. The lowest BCUT2D eigenvalue weighted by Crippen LogP contribution is -2.28. The molecule has 0 spiro atoms. The van der Waals surface area contributed by atoms with E-state index in [9.17, 15) is 0 Å². The van der Waals surface area contributed by atoms with Crippen LogP contribution in [0.2, 0.25) is 5.02 Å². The van der Waals surface area contributed by atoms with E-state index in [2.05, 4.69) is 38.2 Å². The van der Waals surface area contributed by atoms with E-state index in [0.717, 1.165) is 18.0 Å². The van der Waals surface area contributed by atoms with Crippen molar-refractivity contribution in [3.63, 3.8) is 0 Å². The van der Waals surface area contributed by atoms with Gasteiger partial charge in [0.1, 0.15) is 0 Å². The highest BCUT2D eigenvalue weighted by Gasteiger charge is 2.19. The molecule has 96 valence electrons. The molecule has 2 atom stereocenters. The Morgan fingerprint density at radius 1 is 1.18 bits per heavy atom. The van der Waals surface area contributed by atoms with E-state index < -0.39 is 0 Å². The lowest BCUT2D eigenvalue weighted by atomic mass is 9.91. The molecule has 1 aromatic carbocycles. The summed E-state index contributed by atoms with van der Waals surface area (Å²) < 4.78 is 0. The number of hydrogen-bond acceptors (Lipinski definition) is 1. The fourth-order valence-electron chi connectivity index (χ4n) is 2.27. The zero-order chi connectivity index (χ0) is 12.7. The summed E-state index contributed by atoms with van der Waals surface area (Å²) in [5.41, 5.74) is 1.24. The minimum absolute atomic E-state index is 0.378. The van der Waals surface area contributed by atoms with E-state index in [1.807, 2.05) is 12.1 Å². The van der Waals surface area contributed by atoms with Crippen LogP contribution in [0.1, 0.15) is 51.6 Å². The van der Waals surface area contributed by atoms with E-state index in [1.54, 1.807) is 0 Å². The van der Waals surface area contributed by atoms with Crippen molar-refractivity contribution >= 4 is 11.6 Å². The van der Waals surface area contributed by atoms with Gasteiger partial charge >= 0.3 is 0 Å². The molecule has 0 radical (unpaired) electrons. The zero-order valence-corrected chi connectivity index (χ0v) is 11.9. The molecule has 0 saturated carbocycles. The van der Waals surface area contributed by atoms with Crippen LogP contribution in [0.5, 0.6) is 0 Å². The molecule has 0 aliphatic heterocycles. The SMILES string of the molecule is CCCNC(c1ccccc1Cl)C(C)CCC. The minimum Gasteiger partial charge on any atom is -0.310 e. The molecule has 0 amide bonds. The summed E-state index contributed by atoms with van der Waals surface area (Å²) in [6.07, 6.45) is 3.60. The van der Waals surface area contributed by atoms with E-state index >= 15 is 0 Å². The van der Waals surface area contributed by atoms with Crippen LogP contribution in [-0.4, -0.2) is 6.54 Å². The summed E-state index contributed by atoms with van der Waals surface area (Å²) in [7, 11) is 0. The van der Waals surface area contributed by atoms with Crippen LogP contribution >= 0.6 is 11.6 Å². The Kier molecular flexibility index (Phi) is 6.61. The standard InChI is InChI=1S/C15H24ClN/c1-4-8-12(3)15(17-11-5-2)13-9-6-7-10-14(13)16/h6-7,9-10,12,15,17H,4-5,8,11H2,1-3H3. The van der Waals surface area contributed by atoms with Crippen LogP contribution in [0, 0.1) is 5.92 Å². The summed E-state index contributed by atoms with van der Waals surface area (Å²) in [5, 5.41) is 4.51. The molecule has 1 rings (SSSR count). The highest BCUT2D eigenvalue weighted by Crippen LogP contribution is 2.30. The molecule has 0 aromatic heterocycles. The Hall–Kier alpha value is -0.530. The summed E-state index contributed by atoms with van der Waals surface area (Å²) in [6.45, 7) is 7.78. The molecular formula is C15H24ClN. The second-order valence-electron chi connectivity index (χ2n) is 4.72. The first-order valence-electron chi connectivity index (χ1n) is 6.68. The van der Waals surface area contributed by atoms with Crippen molar-refractivity contribution in [2.45, 2.75) is 46.1 Å². The van der Waals surface area contributed by atoms with Crippen LogP contribution in [0.4, 0.5) is 0 Å². The molecular weight excluding hydrogens is 230 g/mol. The molecule has 2 unspecified atom stereocenters. The molecule has 0 fully saturated rings. The van der Waals surface area contributed by atoms with Crippen LogP contribution < -0.4 is 5.32 Å². The van der Waals surface area contributed by atoms with Crippen molar-refractivity contribution in [3.05, 3.63) is 34.9 Å². The highest BCUT2D eigenvalue weighted by molar-refractivity contribution is 6.31. The normalized spacial score (nSPS) is 14.6. The van der Waals surface area contributed by atoms with Gasteiger partial charge in [-0.05, 0) is 36.9 Å². The molecule has 1 nitrogen and oxygen atoms in total. The topological polar surface area (TPSA) is 12.0 Å². The fraction of sp³-hybridized carbons (Fsp3) is 0.600. The van der Waals surface area contributed by atoms with Crippen molar-refractivity contribution in [2.24, 2.45) is 5.92 Å². The van der Waals surface area contributed by atoms with Gasteiger partial charge in [0.25, 0.3) is 0 Å². The van der Waals surface area contributed by atoms with E-state index in [0.29, 0.717) is 12.0 Å². The molecule has 0 bridgehead atoms. The second kappa shape index (κ2) is 7.73.